The van der Waals surface area contributed by atoms with Gasteiger partial charge in [-0.2, -0.15) is 0 Å². The molecule has 1 amide bonds. The van der Waals surface area contributed by atoms with Gasteiger partial charge in [0.15, 0.2) is 0 Å². The van der Waals surface area contributed by atoms with Gasteiger partial charge in [0, 0.05) is 37.7 Å². The molecular formula is C40H44N3O8P. The van der Waals surface area contributed by atoms with Gasteiger partial charge in [-0.05, 0) is 41.2 Å². The number of aromatic amines is 1. The number of aromatic nitrogens is 1. The van der Waals surface area contributed by atoms with E-state index in [1.807, 2.05) is 115 Å². The van der Waals surface area contributed by atoms with Crippen LogP contribution in [0.1, 0.15) is 35.1 Å². The third-order valence-electron chi connectivity index (χ3n) is 8.69. The highest BCUT2D eigenvalue weighted by Crippen LogP contribution is 2.52. The number of H-pyrrole nitrogens is 1. The van der Waals surface area contributed by atoms with E-state index in [1.165, 1.54) is 14.2 Å². The number of carbonyl (C=O) groups is 3. The lowest BCUT2D eigenvalue weighted by Gasteiger charge is -2.30. The number of para-hydroxylation sites is 1. The molecule has 272 valence electrons. The van der Waals surface area contributed by atoms with Gasteiger partial charge in [0.05, 0.1) is 12.5 Å². The predicted octanol–water partition coefficient (Wildman–Crippen LogP) is 6.48. The Morgan fingerprint density at radius 3 is 1.88 bits per heavy atom. The van der Waals surface area contributed by atoms with Gasteiger partial charge in [-0.15, -0.1) is 0 Å². The molecule has 0 bridgehead atoms. The van der Waals surface area contributed by atoms with Crippen LogP contribution in [0.2, 0.25) is 0 Å². The minimum absolute atomic E-state index is 0.000160. The zero-order chi connectivity index (χ0) is 36.8. The number of esters is 2. The molecule has 52 heavy (non-hydrogen) atoms. The van der Waals surface area contributed by atoms with Crippen molar-refractivity contribution in [3.63, 3.8) is 0 Å². The average Bonchev–Trinajstić information content (AvgIpc) is 3.60. The standard InChI is InChI=1S/C40H44N3O8P/c1-48-52(47,49-2)37(23-22-29-14-6-3-7-15-29)42-35(25-38(44)50-27-30-16-8-4-9-17-30)39(45)43-36(40(46)51-28-31-18-10-5-11-19-31)24-32-26-41-34-21-13-12-20-33(32)34/h3-21,26,35-37,41-42H,22-25,27-28H2,1-2H3,(H,43,45). The van der Waals surface area contributed by atoms with E-state index in [-0.39, 0.29) is 26.1 Å². The second-order valence-corrected chi connectivity index (χ2v) is 14.7. The summed E-state index contributed by atoms with van der Waals surface area (Å²) < 4.78 is 35.9. The SMILES string of the molecule is COP(=O)(OC)C(CCc1ccccc1)NC(CC(=O)OCc1ccccc1)C(=O)NC(Cc1c[nH]c2ccccc12)C(=O)OCc1ccccc1. The molecule has 3 atom stereocenters. The zero-order valence-electron chi connectivity index (χ0n) is 29.2. The molecule has 11 nitrogen and oxygen atoms in total. The molecule has 0 fully saturated rings. The number of benzene rings is 4. The molecule has 3 N–H and O–H groups in total. The lowest BCUT2D eigenvalue weighted by molar-refractivity contribution is -0.150. The molecule has 0 aliphatic heterocycles. The Bertz CT molecular complexity index is 1930. The lowest BCUT2D eigenvalue weighted by Crippen LogP contribution is -2.54. The summed E-state index contributed by atoms with van der Waals surface area (Å²) in [5, 5.41) is 6.82. The molecule has 1 aromatic heterocycles. The van der Waals surface area contributed by atoms with Crippen LogP contribution >= 0.6 is 7.60 Å². The topological polar surface area (TPSA) is 145 Å². The highest BCUT2D eigenvalue weighted by Gasteiger charge is 2.38. The number of ether oxygens (including phenoxy) is 2. The van der Waals surface area contributed by atoms with Crippen LogP contribution in [-0.2, 0) is 63.5 Å². The van der Waals surface area contributed by atoms with Crippen molar-refractivity contribution in [2.75, 3.05) is 14.2 Å². The molecular weight excluding hydrogens is 681 g/mol. The van der Waals surface area contributed by atoms with Crippen LogP contribution in [-0.4, -0.2) is 54.9 Å². The molecule has 1 heterocycles. The van der Waals surface area contributed by atoms with E-state index in [0.29, 0.717) is 6.42 Å². The van der Waals surface area contributed by atoms with Crippen molar-refractivity contribution < 1.29 is 37.5 Å². The Hall–Kier alpha value is -5.06. The normalized spacial score (nSPS) is 13.2. The third kappa shape index (κ3) is 10.7. The maximum atomic E-state index is 14.3. The first-order valence-corrected chi connectivity index (χ1v) is 18.7. The maximum Gasteiger partial charge on any atom is 0.346 e. The van der Waals surface area contributed by atoms with Gasteiger partial charge in [-0.1, -0.05) is 109 Å². The molecule has 0 radical (unpaired) electrons. The Balaban J connectivity index is 1.41. The van der Waals surface area contributed by atoms with Crippen molar-refractivity contribution >= 4 is 36.3 Å². The number of hydrogen-bond acceptors (Lipinski definition) is 9. The quantitative estimate of drug-likeness (QED) is 0.0644. The number of aryl methyl sites for hydroxylation is 1. The summed E-state index contributed by atoms with van der Waals surface area (Å²) in [5.74, 6) is -3.03. The highest BCUT2D eigenvalue weighted by molar-refractivity contribution is 7.54. The molecule has 0 saturated heterocycles. The van der Waals surface area contributed by atoms with E-state index in [0.717, 1.165) is 33.2 Å². The van der Waals surface area contributed by atoms with Crippen molar-refractivity contribution in [1.29, 1.82) is 0 Å². The Labute approximate surface area is 303 Å². The highest BCUT2D eigenvalue weighted by atomic mass is 31.2. The second kappa shape index (κ2) is 19.0. The molecule has 0 saturated carbocycles. The Kier molecular flexibility index (Phi) is 13.9. The third-order valence-corrected chi connectivity index (χ3v) is 10.9. The van der Waals surface area contributed by atoms with Gasteiger partial charge in [0.2, 0.25) is 5.91 Å². The van der Waals surface area contributed by atoms with Crippen molar-refractivity contribution in [2.24, 2.45) is 0 Å². The number of fused-ring (bicyclic) bond motifs is 1. The van der Waals surface area contributed by atoms with Crippen molar-refractivity contribution in [1.82, 2.24) is 15.6 Å². The van der Waals surface area contributed by atoms with Gasteiger partial charge in [0.1, 0.15) is 25.0 Å². The number of amides is 1. The molecule has 4 aromatic carbocycles. The Morgan fingerprint density at radius 1 is 0.712 bits per heavy atom. The van der Waals surface area contributed by atoms with Crippen molar-refractivity contribution in [3.8, 4) is 0 Å². The maximum absolute atomic E-state index is 14.3. The first-order valence-electron chi connectivity index (χ1n) is 17.0. The number of carbonyl (C=O) groups excluding carboxylic acids is 3. The van der Waals surface area contributed by atoms with Crippen LogP contribution in [0.5, 0.6) is 0 Å². The van der Waals surface area contributed by atoms with E-state index >= 15 is 0 Å². The zero-order valence-corrected chi connectivity index (χ0v) is 30.1. The van der Waals surface area contributed by atoms with Crippen molar-refractivity contribution in [3.05, 3.63) is 144 Å². The van der Waals surface area contributed by atoms with Gasteiger partial charge in [-0.3, -0.25) is 19.5 Å². The van der Waals surface area contributed by atoms with E-state index < -0.39 is 49.7 Å². The smallest absolute Gasteiger partial charge is 0.346 e. The summed E-state index contributed by atoms with van der Waals surface area (Å²) in [6.45, 7) is -0.00504. The van der Waals surface area contributed by atoms with Gasteiger partial charge in [0.25, 0.3) is 0 Å². The molecule has 0 spiro atoms. The Morgan fingerprint density at radius 2 is 1.27 bits per heavy atom. The number of hydrogen-bond donors (Lipinski definition) is 3. The number of rotatable bonds is 19. The summed E-state index contributed by atoms with van der Waals surface area (Å²) in [6.07, 6.45) is 2.16. The van der Waals surface area contributed by atoms with Crippen LogP contribution < -0.4 is 10.6 Å². The molecule has 0 aliphatic carbocycles. The molecule has 3 unspecified atom stereocenters. The van der Waals surface area contributed by atoms with Gasteiger partial charge in [-0.25, -0.2) is 4.79 Å². The summed E-state index contributed by atoms with van der Waals surface area (Å²) >= 11 is 0. The summed E-state index contributed by atoms with van der Waals surface area (Å²) in [5.41, 5.74) is 4.18. The van der Waals surface area contributed by atoms with Gasteiger partial charge >= 0.3 is 19.5 Å². The molecule has 5 aromatic rings. The number of nitrogens with one attached hydrogen (secondary N) is 3. The monoisotopic (exact) mass is 725 g/mol. The van der Waals surface area contributed by atoms with E-state index in [1.54, 1.807) is 6.20 Å². The summed E-state index contributed by atoms with van der Waals surface area (Å²) in [6, 6.07) is 33.1. The predicted molar refractivity (Wildman–Crippen MR) is 198 cm³/mol. The van der Waals surface area contributed by atoms with E-state index in [2.05, 4.69) is 15.6 Å². The van der Waals surface area contributed by atoms with Crippen LogP contribution in [0, 0.1) is 0 Å². The first-order chi connectivity index (χ1) is 25.3. The van der Waals surface area contributed by atoms with Crippen molar-refractivity contribution in [2.45, 2.75) is 56.8 Å². The van der Waals surface area contributed by atoms with E-state index in [4.69, 9.17) is 18.5 Å². The van der Waals surface area contributed by atoms with E-state index in [9.17, 15) is 18.9 Å². The minimum atomic E-state index is -3.84. The van der Waals surface area contributed by atoms with Crippen LogP contribution in [0.3, 0.4) is 0 Å². The largest absolute Gasteiger partial charge is 0.461 e. The fourth-order valence-corrected chi connectivity index (χ4v) is 7.31. The average molecular weight is 726 g/mol. The molecule has 0 aliphatic rings. The summed E-state index contributed by atoms with van der Waals surface area (Å²) in [7, 11) is -1.30. The van der Waals surface area contributed by atoms with Crippen LogP contribution in [0.25, 0.3) is 10.9 Å². The fraction of sp³-hybridized carbons (Fsp3) is 0.275. The van der Waals surface area contributed by atoms with Crippen LogP contribution in [0.15, 0.2) is 121 Å². The fourth-order valence-electron chi connectivity index (χ4n) is 5.85. The van der Waals surface area contributed by atoms with Crippen LogP contribution in [0.4, 0.5) is 0 Å². The second-order valence-electron chi connectivity index (χ2n) is 12.2. The molecule has 5 rings (SSSR count). The first kappa shape index (κ1) is 38.2. The molecule has 12 heteroatoms. The minimum Gasteiger partial charge on any atom is -0.461 e. The summed E-state index contributed by atoms with van der Waals surface area (Å²) in [4.78, 5) is 44.5. The lowest BCUT2D eigenvalue weighted by atomic mass is 10.0. The van der Waals surface area contributed by atoms with Gasteiger partial charge < -0.3 is 28.8 Å².